The van der Waals surface area contributed by atoms with Crippen LogP contribution >= 0.6 is 0 Å². The van der Waals surface area contributed by atoms with Crippen LogP contribution in [0.2, 0.25) is 0 Å². The highest BCUT2D eigenvalue weighted by Gasteiger charge is 2.11. The van der Waals surface area contributed by atoms with E-state index < -0.39 is 0 Å². The van der Waals surface area contributed by atoms with E-state index in [-0.39, 0.29) is 0 Å². The number of rotatable bonds is 5. The number of hydrogen-bond acceptors (Lipinski definition) is 3. The topological polar surface area (TPSA) is 64.4 Å². The first-order chi connectivity index (χ1) is 7.18. The van der Waals surface area contributed by atoms with E-state index in [9.17, 15) is 0 Å². The van der Waals surface area contributed by atoms with Crippen molar-refractivity contribution in [1.29, 1.82) is 0 Å². The lowest BCUT2D eigenvalue weighted by Gasteiger charge is -2.11. The van der Waals surface area contributed by atoms with E-state index in [0.29, 0.717) is 12.1 Å². The van der Waals surface area contributed by atoms with Gasteiger partial charge in [-0.3, -0.25) is 4.99 Å². The van der Waals surface area contributed by atoms with Gasteiger partial charge in [0, 0.05) is 12.5 Å². The van der Waals surface area contributed by atoms with Crippen LogP contribution in [0, 0.1) is 0 Å². The van der Waals surface area contributed by atoms with Gasteiger partial charge in [-0.15, -0.1) is 0 Å². The number of aliphatic imine (C=N–C) groups is 1. The second-order valence-electron chi connectivity index (χ2n) is 4.78. The Kier molecular flexibility index (Phi) is 5.69. The van der Waals surface area contributed by atoms with Crippen molar-refractivity contribution in [2.75, 3.05) is 0 Å². The monoisotopic (exact) mass is 211 g/mol. The van der Waals surface area contributed by atoms with Crippen molar-refractivity contribution in [2.24, 2.45) is 16.5 Å². The minimum Gasteiger partial charge on any atom is -0.387 e. The molecule has 0 spiro atoms. The quantitative estimate of drug-likeness (QED) is 0.685. The lowest BCUT2D eigenvalue weighted by molar-refractivity contribution is 0.502. The number of amidine groups is 1. The van der Waals surface area contributed by atoms with Gasteiger partial charge in [-0.25, -0.2) is 0 Å². The van der Waals surface area contributed by atoms with E-state index in [1.165, 1.54) is 38.5 Å². The van der Waals surface area contributed by atoms with Crippen molar-refractivity contribution in [3.8, 4) is 0 Å². The van der Waals surface area contributed by atoms with E-state index in [0.717, 1.165) is 18.7 Å². The summed E-state index contributed by atoms with van der Waals surface area (Å²) in [6.45, 7) is 2.07. The molecule has 3 nitrogen and oxygen atoms in total. The van der Waals surface area contributed by atoms with Crippen molar-refractivity contribution < 1.29 is 0 Å². The van der Waals surface area contributed by atoms with E-state index in [4.69, 9.17) is 11.5 Å². The Morgan fingerprint density at radius 1 is 1.40 bits per heavy atom. The van der Waals surface area contributed by atoms with Gasteiger partial charge < -0.3 is 11.5 Å². The molecule has 4 N–H and O–H groups in total. The van der Waals surface area contributed by atoms with Crippen molar-refractivity contribution in [1.82, 2.24) is 0 Å². The van der Waals surface area contributed by atoms with Crippen LogP contribution in [-0.2, 0) is 0 Å². The minimum atomic E-state index is 0.340. The number of hydrogen-bond donors (Lipinski definition) is 2. The third-order valence-corrected chi connectivity index (χ3v) is 3.02. The van der Waals surface area contributed by atoms with Crippen LogP contribution in [0.25, 0.3) is 0 Å². The molecule has 2 atom stereocenters. The van der Waals surface area contributed by atoms with Gasteiger partial charge in [-0.05, 0) is 32.6 Å². The fourth-order valence-corrected chi connectivity index (χ4v) is 2.10. The summed E-state index contributed by atoms with van der Waals surface area (Å²) in [5.41, 5.74) is 11.5. The summed E-state index contributed by atoms with van der Waals surface area (Å²) < 4.78 is 0. The van der Waals surface area contributed by atoms with Gasteiger partial charge in [0.2, 0.25) is 0 Å². The molecule has 0 bridgehead atoms. The number of nitrogens with two attached hydrogens (primary N) is 2. The molecule has 0 amide bonds. The standard InChI is InChI=1S/C12H25N3/c1-10(13)6-2-3-7-11-8-4-5-9-12(14)15-11/h10-11H,2-9,13H2,1H3,(H2,14,15)/t10-,11+/m1/s1. The summed E-state index contributed by atoms with van der Waals surface area (Å²) >= 11 is 0. The lowest BCUT2D eigenvalue weighted by atomic mass is 10.0. The van der Waals surface area contributed by atoms with Crippen molar-refractivity contribution >= 4 is 5.84 Å². The Labute approximate surface area is 93.3 Å². The van der Waals surface area contributed by atoms with Gasteiger partial charge in [0.25, 0.3) is 0 Å². The number of unbranched alkanes of at least 4 members (excludes halogenated alkanes) is 1. The molecule has 0 saturated carbocycles. The zero-order valence-electron chi connectivity index (χ0n) is 9.91. The van der Waals surface area contributed by atoms with Gasteiger partial charge in [0.15, 0.2) is 0 Å². The van der Waals surface area contributed by atoms with Crippen LogP contribution < -0.4 is 11.5 Å². The maximum atomic E-state index is 5.81. The van der Waals surface area contributed by atoms with Crippen LogP contribution in [0.5, 0.6) is 0 Å². The maximum absolute atomic E-state index is 5.81. The molecular formula is C12H25N3. The van der Waals surface area contributed by atoms with Crippen LogP contribution in [-0.4, -0.2) is 17.9 Å². The first-order valence-electron chi connectivity index (χ1n) is 6.26. The molecule has 3 heteroatoms. The minimum absolute atomic E-state index is 0.340. The molecule has 0 aromatic carbocycles. The van der Waals surface area contributed by atoms with Crippen molar-refractivity contribution in [3.63, 3.8) is 0 Å². The second kappa shape index (κ2) is 6.83. The number of nitrogens with zero attached hydrogens (tertiary/aromatic N) is 1. The van der Waals surface area contributed by atoms with E-state index >= 15 is 0 Å². The highest BCUT2D eigenvalue weighted by atomic mass is 14.9. The molecule has 1 heterocycles. The Balaban J connectivity index is 2.16. The van der Waals surface area contributed by atoms with Gasteiger partial charge in [-0.1, -0.05) is 19.3 Å². The molecule has 0 unspecified atom stereocenters. The molecule has 0 aromatic heterocycles. The van der Waals surface area contributed by atoms with Crippen LogP contribution in [0.3, 0.4) is 0 Å². The first-order valence-corrected chi connectivity index (χ1v) is 6.26. The fourth-order valence-electron chi connectivity index (χ4n) is 2.10. The van der Waals surface area contributed by atoms with E-state index in [1.807, 2.05) is 0 Å². The summed E-state index contributed by atoms with van der Waals surface area (Å²) in [7, 11) is 0. The summed E-state index contributed by atoms with van der Waals surface area (Å²) in [5, 5.41) is 0. The smallest absolute Gasteiger partial charge is 0.0940 e. The average Bonchev–Trinajstić information content (AvgIpc) is 2.37. The third kappa shape index (κ3) is 5.78. The Hall–Kier alpha value is -0.570. The second-order valence-corrected chi connectivity index (χ2v) is 4.78. The van der Waals surface area contributed by atoms with Gasteiger partial charge in [-0.2, -0.15) is 0 Å². The summed E-state index contributed by atoms with van der Waals surface area (Å²) in [6, 6.07) is 0.827. The summed E-state index contributed by atoms with van der Waals surface area (Å²) in [5.74, 6) is 0.865. The zero-order valence-corrected chi connectivity index (χ0v) is 9.91. The summed E-state index contributed by atoms with van der Waals surface area (Å²) in [4.78, 5) is 4.56. The Morgan fingerprint density at radius 3 is 2.93 bits per heavy atom. The molecule has 1 aliphatic heterocycles. The molecule has 0 radical (unpaired) electrons. The normalized spacial score (nSPS) is 24.4. The maximum Gasteiger partial charge on any atom is 0.0940 e. The fraction of sp³-hybridized carbons (Fsp3) is 0.917. The SMILES string of the molecule is C[C@@H](N)CCCC[C@H]1CCCCC(N)=N1. The highest BCUT2D eigenvalue weighted by Crippen LogP contribution is 2.17. The van der Waals surface area contributed by atoms with Crippen LogP contribution in [0.15, 0.2) is 4.99 Å². The molecule has 0 fully saturated rings. The van der Waals surface area contributed by atoms with Crippen LogP contribution in [0.1, 0.15) is 58.3 Å². The van der Waals surface area contributed by atoms with E-state index in [1.54, 1.807) is 0 Å². The molecule has 1 rings (SSSR count). The molecule has 88 valence electrons. The Morgan fingerprint density at radius 2 is 2.20 bits per heavy atom. The zero-order chi connectivity index (χ0) is 11.1. The first kappa shape index (κ1) is 12.5. The third-order valence-electron chi connectivity index (χ3n) is 3.02. The predicted molar refractivity (Wildman–Crippen MR) is 66.0 cm³/mol. The highest BCUT2D eigenvalue weighted by molar-refractivity contribution is 5.80. The molecule has 0 saturated heterocycles. The molecule has 15 heavy (non-hydrogen) atoms. The predicted octanol–water partition coefficient (Wildman–Crippen LogP) is 2.19. The average molecular weight is 211 g/mol. The van der Waals surface area contributed by atoms with Gasteiger partial charge in [0.05, 0.1) is 11.9 Å². The van der Waals surface area contributed by atoms with Crippen molar-refractivity contribution in [3.05, 3.63) is 0 Å². The van der Waals surface area contributed by atoms with Crippen LogP contribution in [0.4, 0.5) is 0 Å². The van der Waals surface area contributed by atoms with Crippen molar-refractivity contribution in [2.45, 2.75) is 70.4 Å². The molecule has 0 aliphatic carbocycles. The van der Waals surface area contributed by atoms with Gasteiger partial charge >= 0.3 is 0 Å². The molecule has 0 aromatic rings. The summed E-state index contributed by atoms with van der Waals surface area (Å²) in [6.07, 6.45) is 9.49. The molecule has 1 aliphatic rings. The molecular weight excluding hydrogens is 186 g/mol. The lowest BCUT2D eigenvalue weighted by Crippen LogP contribution is -2.15. The largest absolute Gasteiger partial charge is 0.387 e. The van der Waals surface area contributed by atoms with Gasteiger partial charge in [0.1, 0.15) is 0 Å². The van der Waals surface area contributed by atoms with E-state index in [2.05, 4.69) is 11.9 Å². The Bertz CT molecular complexity index is 199.